The van der Waals surface area contributed by atoms with E-state index in [1.54, 1.807) is 14.2 Å². The van der Waals surface area contributed by atoms with Gasteiger partial charge in [0.2, 0.25) is 5.91 Å². The zero-order valence-corrected chi connectivity index (χ0v) is 14.3. The van der Waals surface area contributed by atoms with E-state index in [0.29, 0.717) is 24.3 Å². The Bertz CT molecular complexity index is 630. The van der Waals surface area contributed by atoms with Gasteiger partial charge in [-0.3, -0.25) is 4.79 Å². The fraction of sp³-hybridized carbons (Fsp3) is 0.529. The van der Waals surface area contributed by atoms with Crippen molar-refractivity contribution in [2.45, 2.75) is 44.9 Å². The number of methoxy groups -OCH3 is 2. The van der Waals surface area contributed by atoms with Crippen LogP contribution >= 0.6 is 0 Å². The number of aryl methyl sites for hydroxylation is 1. The predicted molar refractivity (Wildman–Crippen MR) is 86.4 cm³/mol. The molecule has 2 N–H and O–H groups in total. The summed E-state index contributed by atoms with van der Waals surface area (Å²) in [5.74, 6) is -0.127. The van der Waals surface area contributed by atoms with E-state index in [4.69, 9.17) is 19.3 Å². The molecule has 7 heteroatoms. The highest BCUT2D eigenvalue weighted by atomic mass is 16.5. The number of rotatable bonds is 6. The van der Waals surface area contributed by atoms with E-state index >= 15 is 0 Å². The molecule has 0 aliphatic carbocycles. The fourth-order valence-corrected chi connectivity index (χ4v) is 2.86. The molecular formula is C17H23NO6. The van der Waals surface area contributed by atoms with Crippen molar-refractivity contribution in [1.29, 1.82) is 0 Å². The van der Waals surface area contributed by atoms with Crippen molar-refractivity contribution in [2.75, 3.05) is 14.2 Å². The van der Waals surface area contributed by atoms with Crippen molar-refractivity contribution in [3.63, 3.8) is 0 Å². The minimum atomic E-state index is -1.03. The molecule has 2 rings (SSSR count). The van der Waals surface area contributed by atoms with E-state index < -0.39 is 18.2 Å². The molecule has 132 valence electrons. The van der Waals surface area contributed by atoms with Gasteiger partial charge in [-0.1, -0.05) is 0 Å². The van der Waals surface area contributed by atoms with Gasteiger partial charge in [0.1, 0.15) is 6.10 Å². The molecule has 1 aromatic carbocycles. The highest BCUT2D eigenvalue weighted by Crippen LogP contribution is 2.33. The number of nitrogens with one attached hydrogen (secondary N) is 1. The molecule has 0 bridgehead atoms. The molecule has 0 aromatic heterocycles. The third kappa shape index (κ3) is 3.79. The topological polar surface area (TPSA) is 94.1 Å². The number of amides is 1. The van der Waals surface area contributed by atoms with Gasteiger partial charge in [0.05, 0.1) is 20.3 Å². The Morgan fingerprint density at radius 3 is 2.33 bits per heavy atom. The van der Waals surface area contributed by atoms with Gasteiger partial charge in [-0.25, -0.2) is 4.79 Å². The van der Waals surface area contributed by atoms with Gasteiger partial charge in [0, 0.05) is 0 Å². The second-order valence-corrected chi connectivity index (χ2v) is 5.82. The summed E-state index contributed by atoms with van der Waals surface area (Å²) in [4.78, 5) is 23.2. The average molecular weight is 337 g/mol. The first-order valence-corrected chi connectivity index (χ1v) is 7.78. The van der Waals surface area contributed by atoms with Gasteiger partial charge < -0.3 is 24.6 Å². The van der Waals surface area contributed by atoms with Gasteiger partial charge >= 0.3 is 5.97 Å². The number of carbonyl (C=O) groups excluding carboxylic acids is 1. The Balaban J connectivity index is 2.08. The Kier molecular flexibility index (Phi) is 5.66. The van der Waals surface area contributed by atoms with E-state index in [-0.39, 0.29) is 11.9 Å². The molecule has 0 radical (unpaired) electrons. The number of aliphatic carboxylic acids is 1. The third-order valence-electron chi connectivity index (χ3n) is 4.18. The van der Waals surface area contributed by atoms with Crippen LogP contribution in [0.25, 0.3) is 0 Å². The van der Waals surface area contributed by atoms with E-state index in [1.165, 1.54) is 0 Å². The quantitative estimate of drug-likeness (QED) is 0.822. The minimum absolute atomic E-state index is 0.273. The maximum absolute atomic E-state index is 12.3. The third-order valence-corrected chi connectivity index (χ3v) is 4.18. The Morgan fingerprint density at radius 1 is 1.21 bits per heavy atom. The van der Waals surface area contributed by atoms with Crippen LogP contribution in [0.5, 0.6) is 11.5 Å². The second kappa shape index (κ2) is 7.53. The summed E-state index contributed by atoms with van der Waals surface area (Å²) < 4.78 is 15.8. The number of carboxylic acid groups (broad SMARTS) is 1. The number of carboxylic acids is 1. The molecule has 1 amide bonds. The summed E-state index contributed by atoms with van der Waals surface area (Å²) >= 11 is 0. The van der Waals surface area contributed by atoms with Crippen molar-refractivity contribution in [1.82, 2.24) is 5.32 Å². The van der Waals surface area contributed by atoms with Crippen LogP contribution in [0.1, 0.15) is 36.9 Å². The highest BCUT2D eigenvalue weighted by Gasteiger charge is 2.35. The number of carbonyl (C=O) groups is 2. The van der Waals surface area contributed by atoms with Gasteiger partial charge in [0.15, 0.2) is 17.6 Å². The molecule has 1 aliphatic heterocycles. The molecule has 1 saturated heterocycles. The first kappa shape index (κ1) is 18.1. The lowest BCUT2D eigenvalue weighted by Crippen LogP contribution is -2.37. The molecule has 1 unspecified atom stereocenters. The van der Waals surface area contributed by atoms with Crippen molar-refractivity contribution in [3.05, 3.63) is 23.3 Å². The normalized spacial score (nSPS) is 21.2. The largest absolute Gasteiger partial charge is 0.493 e. The van der Waals surface area contributed by atoms with Gasteiger partial charge in [-0.05, 0) is 49.9 Å². The maximum atomic E-state index is 12.3. The summed E-state index contributed by atoms with van der Waals surface area (Å²) in [6.45, 7) is 3.78. The summed E-state index contributed by atoms with van der Waals surface area (Å²) in [5.41, 5.74) is 1.85. The Hall–Kier alpha value is -2.28. The lowest BCUT2D eigenvalue weighted by Gasteiger charge is -2.21. The minimum Gasteiger partial charge on any atom is -0.493 e. The van der Waals surface area contributed by atoms with Crippen molar-refractivity contribution in [3.8, 4) is 11.5 Å². The van der Waals surface area contributed by atoms with Crippen LogP contribution in [0.4, 0.5) is 0 Å². The number of benzene rings is 1. The summed E-state index contributed by atoms with van der Waals surface area (Å²) in [6, 6.07) is 3.41. The van der Waals surface area contributed by atoms with Crippen LogP contribution in [0.2, 0.25) is 0 Å². The molecule has 0 spiro atoms. The van der Waals surface area contributed by atoms with Crippen molar-refractivity contribution < 1.29 is 28.9 Å². The van der Waals surface area contributed by atoms with E-state index in [9.17, 15) is 9.59 Å². The van der Waals surface area contributed by atoms with E-state index in [1.807, 2.05) is 26.0 Å². The van der Waals surface area contributed by atoms with E-state index in [2.05, 4.69) is 5.32 Å². The van der Waals surface area contributed by atoms with Crippen LogP contribution in [0.15, 0.2) is 12.1 Å². The molecule has 1 aromatic rings. The Morgan fingerprint density at radius 2 is 1.79 bits per heavy atom. The first-order valence-electron chi connectivity index (χ1n) is 7.78. The van der Waals surface area contributed by atoms with Crippen molar-refractivity contribution >= 4 is 11.9 Å². The van der Waals surface area contributed by atoms with Gasteiger partial charge in [-0.2, -0.15) is 0 Å². The lowest BCUT2D eigenvalue weighted by molar-refractivity contribution is -0.151. The molecular weight excluding hydrogens is 314 g/mol. The SMILES string of the molecule is COc1cc(C)c(C(C)NC(=O)[C@@H]2CC[C@H](C(=O)O)O2)cc1OC. The molecule has 3 atom stereocenters. The summed E-state index contributed by atoms with van der Waals surface area (Å²) in [6.07, 6.45) is -0.884. The molecule has 1 heterocycles. The molecule has 0 saturated carbocycles. The van der Waals surface area contributed by atoms with Crippen LogP contribution in [-0.2, 0) is 14.3 Å². The Labute approximate surface area is 140 Å². The van der Waals surface area contributed by atoms with Crippen LogP contribution < -0.4 is 14.8 Å². The molecule has 1 aliphatic rings. The van der Waals surface area contributed by atoms with Gasteiger partial charge in [0.25, 0.3) is 0 Å². The van der Waals surface area contributed by atoms with Gasteiger partial charge in [-0.15, -0.1) is 0 Å². The van der Waals surface area contributed by atoms with E-state index in [0.717, 1.165) is 11.1 Å². The maximum Gasteiger partial charge on any atom is 0.332 e. The zero-order valence-electron chi connectivity index (χ0n) is 14.3. The average Bonchev–Trinajstić information content (AvgIpc) is 3.04. The van der Waals surface area contributed by atoms with Crippen molar-refractivity contribution in [2.24, 2.45) is 0 Å². The molecule has 7 nitrogen and oxygen atoms in total. The van der Waals surface area contributed by atoms with Crippen LogP contribution in [0.3, 0.4) is 0 Å². The van der Waals surface area contributed by atoms with Crippen LogP contribution in [-0.4, -0.2) is 43.4 Å². The zero-order chi connectivity index (χ0) is 17.9. The monoisotopic (exact) mass is 337 g/mol. The summed E-state index contributed by atoms with van der Waals surface area (Å²) in [5, 5.41) is 11.8. The first-order chi connectivity index (χ1) is 11.4. The molecule has 24 heavy (non-hydrogen) atoms. The van der Waals surface area contributed by atoms with Crippen LogP contribution in [0, 0.1) is 6.92 Å². The fourth-order valence-electron chi connectivity index (χ4n) is 2.86. The lowest BCUT2D eigenvalue weighted by atomic mass is 10.0. The standard InChI is InChI=1S/C17H23NO6/c1-9-7-14(22-3)15(23-4)8-11(9)10(2)18-16(19)12-5-6-13(24-12)17(20)21/h7-8,10,12-13H,5-6H2,1-4H3,(H,18,19)(H,20,21)/t10?,12-,13+/m0/s1. The number of hydrogen-bond acceptors (Lipinski definition) is 5. The summed E-state index contributed by atoms with van der Waals surface area (Å²) in [7, 11) is 3.12. The highest BCUT2D eigenvalue weighted by molar-refractivity contribution is 5.83. The number of ether oxygens (including phenoxy) is 3. The second-order valence-electron chi connectivity index (χ2n) is 5.82. The number of hydrogen-bond donors (Lipinski definition) is 2. The smallest absolute Gasteiger partial charge is 0.332 e. The predicted octanol–water partition coefficient (Wildman–Crippen LogP) is 1.82. The molecule has 1 fully saturated rings.